The van der Waals surface area contributed by atoms with Crippen molar-refractivity contribution in [3.63, 3.8) is 0 Å². The Kier molecular flexibility index (Phi) is 6.18. The van der Waals surface area contributed by atoms with Crippen LogP contribution < -0.4 is 14.9 Å². The molecule has 30 heavy (non-hydrogen) atoms. The number of halogens is 1. The van der Waals surface area contributed by atoms with Gasteiger partial charge in [-0.15, -0.1) is 0 Å². The van der Waals surface area contributed by atoms with Crippen molar-refractivity contribution in [3.8, 4) is 5.75 Å². The molecule has 1 aliphatic heterocycles. The molecule has 162 valence electrons. The molecule has 6 nitrogen and oxygen atoms in total. The monoisotopic (exact) mass is 435 g/mol. The topological polar surface area (TPSA) is 73.9 Å². The molecule has 0 saturated carbocycles. The van der Waals surface area contributed by atoms with Crippen LogP contribution in [0.2, 0.25) is 0 Å². The van der Waals surface area contributed by atoms with E-state index >= 15 is 0 Å². The van der Waals surface area contributed by atoms with Gasteiger partial charge in [0.15, 0.2) is 0 Å². The molecule has 0 radical (unpaired) electrons. The van der Waals surface area contributed by atoms with Crippen molar-refractivity contribution in [1.29, 1.82) is 0 Å². The van der Waals surface area contributed by atoms with E-state index in [4.69, 9.17) is 14.0 Å². The van der Waals surface area contributed by atoms with E-state index < -0.39 is 28.3 Å². The van der Waals surface area contributed by atoms with Gasteiger partial charge in [-0.1, -0.05) is 18.2 Å². The van der Waals surface area contributed by atoms with Gasteiger partial charge in [-0.2, -0.15) is 0 Å². The number of rotatable bonds is 7. The first-order chi connectivity index (χ1) is 13.9. The fourth-order valence-electron chi connectivity index (χ4n) is 2.85. The summed E-state index contributed by atoms with van der Waals surface area (Å²) in [5.74, 6) is -0.0647. The van der Waals surface area contributed by atoms with Crippen LogP contribution in [0.25, 0.3) is 0 Å². The summed E-state index contributed by atoms with van der Waals surface area (Å²) in [5, 5.41) is 0. The van der Waals surface area contributed by atoms with Gasteiger partial charge in [-0.25, -0.2) is 12.8 Å². The number of nitrogens with one attached hydrogen (secondary N) is 1. The van der Waals surface area contributed by atoms with Gasteiger partial charge in [0.1, 0.15) is 18.2 Å². The minimum absolute atomic E-state index is 0.0661. The lowest BCUT2D eigenvalue weighted by Gasteiger charge is -2.32. The largest absolute Gasteiger partial charge is 0.494 e. The summed E-state index contributed by atoms with van der Waals surface area (Å²) in [5.41, 5.74) is 0.771. The molecule has 1 aliphatic rings. The molecule has 1 N–H and O–H groups in total. The number of benzene rings is 2. The van der Waals surface area contributed by atoms with Gasteiger partial charge in [0.2, 0.25) is 10.0 Å². The molecule has 2 aromatic rings. The van der Waals surface area contributed by atoms with Gasteiger partial charge in [-0.05, 0) is 69.9 Å². The molecule has 0 aromatic heterocycles. The van der Waals surface area contributed by atoms with E-state index in [2.05, 4.69) is 4.72 Å². The lowest BCUT2D eigenvalue weighted by atomic mass is 9.79. The van der Waals surface area contributed by atoms with Crippen LogP contribution in [0.15, 0.2) is 42.5 Å². The number of hydrogen-bond acceptors (Lipinski definition) is 5. The summed E-state index contributed by atoms with van der Waals surface area (Å²) in [4.78, 5) is 0. The first kappa shape index (κ1) is 22.6. The fourth-order valence-corrected chi connectivity index (χ4v) is 3.50. The second kappa shape index (κ2) is 8.21. The van der Waals surface area contributed by atoms with Crippen LogP contribution in [0.1, 0.15) is 40.2 Å². The maximum atomic E-state index is 13.1. The molecule has 0 atom stereocenters. The summed E-state index contributed by atoms with van der Waals surface area (Å²) in [6.45, 7) is 9.55. The van der Waals surface area contributed by atoms with E-state index in [9.17, 15) is 12.8 Å². The van der Waals surface area contributed by atoms with Crippen molar-refractivity contribution < 1.29 is 26.9 Å². The van der Waals surface area contributed by atoms with Crippen molar-refractivity contribution in [1.82, 2.24) is 0 Å². The van der Waals surface area contributed by atoms with Gasteiger partial charge in [0, 0.05) is 0 Å². The first-order valence-electron chi connectivity index (χ1n) is 9.80. The van der Waals surface area contributed by atoms with Crippen LogP contribution in [0, 0.1) is 5.82 Å². The Labute approximate surface area is 177 Å². The molecule has 0 bridgehead atoms. The fraction of sp³-hybridized carbons (Fsp3) is 0.429. The van der Waals surface area contributed by atoms with Gasteiger partial charge >= 0.3 is 7.12 Å². The normalized spacial score (nSPS) is 17.7. The van der Waals surface area contributed by atoms with Crippen LogP contribution in [0.5, 0.6) is 5.75 Å². The Morgan fingerprint density at radius 1 is 1.03 bits per heavy atom. The minimum Gasteiger partial charge on any atom is -0.487 e. The molecule has 2 aromatic carbocycles. The van der Waals surface area contributed by atoms with Crippen LogP contribution in [0.3, 0.4) is 0 Å². The molecular formula is C21H27BFNO5S. The standard InChI is InChI=1S/C21H27BFNO5S/c1-6-30(25,26)24-18-12-9-16(22-28-20(2,3)21(4,5)29-22)13-19(18)27-14-15-7-10-17(23)11-8-15/h7-13,24H,6,14H2,1-5H3. The number of sulfonamides is 1. The first-order valence-corrected chi connectivity index (χ1v) is 11.4. The van der Waals surface area contributed by atoms with Crippen molar-refractivity contribution in [2.45, 2.75) is 52.4 Å². The molecule has 9 heteroatoms. The van der Waals surface area contributed by atoms with Gasteiger partial charge < -0.3 is 14.0 Å². The van der Waals surface area contributed by atoms with Gasteiger partial charge in [0.25, 0.3) is 0 Å². The van der Waals surface area contributed by atoms with E-state index in [0.29, 0.717) is 16.9 Å². The third-order valence-electron chi connectivity index (χ3n) is 5.48. The average molecular weight is 435 g/mol. The zero-order valence-corrected chi connectivity index (χ0v) is 18.7. The summed E-state index contributed by atoms with van der Waals surface area (Å²) in [6.07, 6.45) is 0. The summed E-state index contributed by atoms with van der Waals surface area (Å²) in [7, 11) is -4.11. The minimum atomic E-state index is -3.49. The van der Waals surface area contributed by atoms with E-state index in [1.165, 1.54) is 12.1 Å². The number of ether oxygens (including phenoxy) is 1. The lowest BCUT2D eigenvalue weighted by Crippen LogP contribution is -2.41. The second-order valence-corrected chi connectivity index (χ2v) is 10.3. The van der Waals surface area contributed by atoms with E-state index in [0.717, 1.165) is 5.56 Å². The molecule has 1 fully saturated rings. The Balaban J connectivity index is 1.89. The lowest BCUT2D eigenvalue weighted by molar-refractivity contribution is 0.00578. The Bertz CT molecular complexity index is 993. The van der Waals surface area contributed by atoms with Crippen molar-refractivity contribution >= 4 is 28.3 Å². The summed E-state index contributed by atoms with van der Waals surface area (Å²) in [6, 6.07) is 11.0. The Morgan fingerprint density at radius 2 is 1.63 bits per heavy atom. The SMILES string of the molecule is CCS(=O)(=O)Nc1ccc(B2OC(C)(C)C(C)(C)O2)cc1OCc1ccc(F)cc1. The molecule has 1 heterocycles. The third-order valence-corrected chi connectivity index (χ3v) is 6.78. The molecule has 0 amide bonds. The maximum absolute atomic E-state index is 13.1. The highest BCUT2D eigenvalue weighted by molar-refractivity contribution is 7.92. The zero-order chi connectivity index (χ0) is 22.2. The number of hydrogen-bond donors (Lipinski definition) is 1. The highest BCUT2D eigenvalue weighted by atomic mass is 32.2. The number of anilines is 1. The predicted molar refractivity (Wildman–Crippen MR) is 116 cm³/mol. The van der Waals surface area contributed by atoms with Crippen molar-refractivity contribution in [2.24, 2.45) is 0 Å². The Morgan fingerprint density at radius 3 is 2.20 bits per heavy atom. The maximum Gasteiger partial charge on any atom is 0.494 e. The molecule has 3 rings (SSSR count). The van der Waals surface area contributed by atoms with E-state index in [-0.39, 0.29) is 18.2 Å². The summed E-state index contributed by atoms with van der Waals surface area (Å²) < 4.78 is 57.9. The predicted octanol–water partition coefficient (Wildman–Crippen LogP) is 3.47. The molecule has 1 saturated heterocycles. The van der Waals surface area contributed by atoms with Crippen molar-refractivity contribution in [2.75, 3.05) is 10.5 Å². The van der Waals surface area contributed by atoms with Crippen molar-refractivity contribution in [3.05, 3.63) is 53.8 Å². The molecule has 0 spiro atoms. The van der Waals surface area contributed by atoms with Crippen LogP contribution in [-0.4, -0.2) is 32.5 Å². The highest BCUT2D eigenvalue weighted by Crippen LogP contribution is 2.37. The highest BCUT2D eigenvalue weighted by Gasteiger charge is 2.51. The van der Waals surface area contributed by atoms with E-state index in [1.807, 2.05) is 27.7 Å². The quantitative estimate of drug-likeness (QED) is 0.675. The molecule has 0 aliphatic carbocycles. The Hall–Kier alpha value is -2.10. The van der Waals surface area contributed by atoms with E-state index in [1.54, 1.807) is 37.3 Å². The summed E-state index contributed by atoms with van der Waals surface area (Å²) >= 11 is 0. The average Bonchev–Trinajstić information content (AvgIpc) is 2.89. The second-order valence-electron chi connectivity index (χ2n) is 8.26. The molecular weight excluding hydrogens is 408 g/mol. The van der Waals surface area contributed by atoms with Crippen LogP contribution >= 0.6 is 0 Å². The zero-order valence-electron chi connectivity index (χ0n) is 17.9. The van der Waals surface area contributed by atoms with Crippen LogP contribution in [0.4, 0.5) is 10.1 Å². The molecule has 0 unspecified atom stereocenters. The van der Waals surface area contributed by atoms with Gasteiger partial charge in [-0.3, -0.25) is 4.72 Å². The third kappa shape index (κ3) is 4.96. The van der Waals surface area contributed by atoms with Gasteiger partial charge in [0.05, 0.1) is 22.6 Å². The van der Waals surface area contributed by atoms with Crippen LogP contribution in [-0.2, 0) is 25.9 Å². The smallest absolute Gasteiger partial charge is 0.487 e.